The van der Waals surface area contributed by atoms with Gasteiger partial charge >= 0.3 is 0 Å². The zero-order chi connectivity index (χ0) is 14.4. The van der Waals surface area contributed by atoms with Crippen LogP contribution in [0.2, 0.25) is 0 Å². The monoisotopic (exact) mass is 335 g/mol. The minimum atomic E-state index is 0.449. The highest BCUT2D eigenvalue weighted by Crippen LogP contribution is 2.24. The van der Waals surface area contributed by atoms with E-state index in [1.807, 2.05) is 30.3 Å². The molecule has 3 nitrogen and oxygen atoms in total. The molecule has 0 radical (unpaired) electrons. The molecule has 0 saturated carbocycles. The highest BCUT2D eigenvalue weighted by Gasteiger charge is 2.05. The van der Waals surface area contributed by atoms with Crippen molar-refractivity contribution in [2.45, 2.75) is 13.0 Å². The molecule has 0 spiro atoms. The van der Waals surface area contributed by atoms with Gasteiger partial charge in [-0.15, -0.1) is 0 Å². The van der Waals surface area contributed by atoms with Crippen LogP contribution in [0.5, 0.6) is 5.75 Å². The summed E-state index contributed by atoms with van der Waals surface area (Å²) in [6, 6.07) is 13.8. The molecular formula is C16H18BrNO2. The quantitative estimate of drug-likeness (QED) is 0.816. The first kappa shape index (κ1) is 14.9. The van der Waals surface area contributed by atoms with Crippen molar-refractivity contribution in [3.8, 4) is 5.75 Å². The minimum Gasteiger partial charge on any atom is -0.489 e. The van der Waals surface area contributed by atoms with Crippen LogP contribution >= 0.6 is 15.9 Å². The van der Waals surface area contributed by atoms with Gasteiger partial charge in [-0.25, -0.2) is 0 Å². The Labute approximate surface area is 127 Å². The number of anilines is 1. The minimum absolute atomic E-state index is 0.449. The average Bonchev–Trinajstić information content (AvgIpc) is 2.46. The first-order chi connectivity index (χ1) is 9.70. The Bertz CT molecular complexity index is 535. The van der Waals surface area contributed by atoms with E-state index < -0.39 is 0 Å². The van der Waals surface area contributed by atoms with Crippen LogP contribution in [0.25, 0.3) is 0 Å². The van der Waals surface area contributed by atoms with E-state index in [0.717, 1.165) is 34.5 Å². The van der Waals surface area contributed by atoms with E-state index in [0.29, 0.717) is 6.61 Å². The molecule has 0 bridgehead atoms. The molecule has 2 N–H and O–H groups in total. The summed E-state index contributed by atoms with van der Waals surface area (Å²) in [6.07, 6.45) is 0.911. The van der Waals surface area contributed by atoms with Gasteiger partial charge in [-0.1, -0.05) is 34.1 Å². The van der Waals surface area contributed by atoms with Gasteiger partial charge in [0.25, 0.3) is 0 Å². The van der Waals surface area contributed by atoms with Crippen LogP contribution < -0.4 is 10.5 Å². The van der Waals surface area contributed by atoms with Gasteiger partial charge in [-0.3, -0.25) is 0 Å². The smallest absolute Gasteiger partial charge is 0.119 e. The van der Waals surface area contributed by atoms with Crippen LogP contribution in [0.1, 0.15) is 11.1 Å². The number of ether oxygens (including phenoxy) is 2. The van der Waals surface area contributed by atoms with E-state index in [9.17, 15) is 0 Å². The van der Waals surface area contributed by atoms with Gasteiger partial charge in [0.15, 0.2) is 0 Å². The molecule has 0 unspecified atom stereocenters. The first-order valence-corrected chi connectivity index (χ1v) is 7.23. The molecule has 20 heavy (non-hydrogen) atoms. The van der Waals surface area contributed by atoms with Gasteiger partial charge in [0, 0.05) is 22.8 Å². The molecule has 2 rings (SSSR count). The second-order valence-electron chi connectivity index (χ2n) is 4.48. The molecule has 0 saturated heterocycles. The molecule has 0 aromatic heterocycles. The molecule has 2 aromatic carbocycles. The summed E-state index contributed by atoms with van der Waals surface area (Å²) < 4.78 is 11.8. The van der Waals surface area contributed by atoms with Gasteiger partial charge in [-0.2, -0.15) is 0 Å². The molecule has 2 aromatic rings. The van der Waals surface area contributed by atoms with Gasteiger partial charge < -0.3 is 15.2 Å². The third-order valence-electron chi connectivity index (χ3n) is 3.06. The van der Waals surface area contributed by atoms with E-state index in [1.54, 1.807) is 7.11 Å². The number of nitrogen functional groups attached to an aromatic ring is 1. The number of nitrogens with two attached hydrogens (primary N) is 1. The van der Waals surface area contributed by atoms with E-state index in [2.05, 4.69) is 28.1 Å². The van der Waals surface area contributed by atoms with Crippen molar-refractivity contribution in [3.05, 3.63) is 58.1 Å². The Balaban J connectivity index is 1.97. The predicted molar refractivity (Wildman–Crippen MR) is 84.9 cm³/mol. The van der Waals surface area contributed by atoms with Gasteiger partial charge in [0.2, 0.25) is 0 Å². The molecule has 106 valence electrons. The van der Waals surface area contributed by atoms with Crippen LogP contribution in [-0.2, 0) is 17.8 Å². The maximum atomic E-state index is 5.94. The van der Waals surface area contributed by atoms with Crippen LogP contribution in [0, 0.1) is 0 Å². The maximum absolute atomic E-state index is 5.94. The fraction of sp³-hybridized carbons (Fsp3) is 0.250. The van der Waals surface area contributed by atoms with Crippen molar-refractivity contribution in [1.29, 1.82) is 0 Å². The van der Waals surface area contributed by atoms with Crippen molar-refractivity contribution >= 4 is 21.6 Å². The topological polar surface area (TPSA) is 44.5 Å². The predicted octanol–water partition coefficient (Wildman–Crippen LogP) is 3.80. The second-order valence-corrected chi connectivity index (χ2v) is 5.34. The Kier molecular flexibility index (Phi) is 5.44. The van der Waals surface area contributed by atoms with Crippen LogP contribution in [0.3, 0.4) is 0 Å². The van der Waals surface area contributed by atoms with Crippen molar-refractivity contribution in [3.63, 3.8) is 0 Å². The normalized spacial score (nSPS) is 10.5. The lowest BCUT2D eigenvalue weighted by molar-refractivity contribution is 0.202. The van der Waals surface area contributed by atoms with Gasteiger partial charge in [0.05, 0.1) is 6.61 Å². The summed E-state index contributed by atoms with van der Waals surface area (Å²) in [5.41, 5.74) is 8.88. The molecule has 0 heterocycles. The molecule has 0 fully saturated rings. The Morgan fingerprint density at radius 3 is 2.50 bits per heavy atom. The lowest BCUT2D eigenvalue weighted by Gasteiger charge is -2.11. The van der Waals surface area contributed by atoms with Crippen LogP contribution in [-0.4, -0.2) is 13.7 Å². The average molecular weight is 336 g/mol. The molecule has 0 aliphatic carbocycles. The molecule has 0 aliphatic rings. The zero-order valence-electron chi connectivity index (χ0n) is 11.4. The summed E-state index contributed by atoms with van der Waals surface area (Å²) in [5.74, 6) is 0.835. The highest BCUT2D eigenvalue weighted by atomic mass is 79.9. The number of hydrogen-bond donors (Lipinski definition) is 1. The second kappa shape index (κ2) is 7.31. The third kappa shape index (κ3) is 3.99. The number of methoxy groups -OCH3 is 1. The Morgan fingerprint density at radius 1 is 1.10 bits per heavy atom. The van der Waals surface area contributed by atoms with Crippen LogP contribution in [0.15, 0.2) is 46.9 Å². The molecular weight excluding hydrogens is 318 g/mol. The molecule has 0 aliphatic heterocycles. The summed E-state index contributed by atoms with van der Waals surface area (Å²) in [4.78, 5) is 0. The SMILES string of the molecule is COCCc1ccc(OCc2c(N)cccc2Br)cc1. The lowest BCUT2D eigenvalue weighted by atomic mass is 10.1. The standard InChI is InChI=1S/C16H18BrNO2/c1-19-10-9-12-5-7-13(8-6-12)20-11-14-15(17)3-2-4-16(14)18/h2-8H,9-11,18H2,1H3. The Morgan fingerprint density at radius 2 is 1.85 bits per heavy atom. The largest absolute Gasteiger partial charge is 0.489 e. The van der Waals surface area contributed by atoms with E-state index in [4.69, 9.17) is 15.2 Å². The summed E-state index contributed by atoms with van der Waals surface area (Å²) >= 11 is 3.49. The zero-order valence-corrected chi connectivity index (χ0v) is 13.0. The number of halogens is 1. The third-order valence-corrected chi connectivity index (χ3v) is 3.80. The molecule has 4 heteroatoms. The summed E-state index contributed by atoms with van der Waals surface area (Å²) in [7, 11) is 1.71. The number of rotatable bonds is 6. The fourth-order valence-electron chi connectivity index (χ4n) is 1.86. The van der Waals surface area contributed by atoms with E-state index >= 15 is 0 Å². The molecule has 0 atom stereocenters. The van der Waals surface area contributed by atoms with Gasteiger partial charge in [0.1, 0.15) is 12.4 Å². The van der Waals surface area contributed by atoms with Crippen molar-refractivity contribution < 1.29 is 9.47 Å². The highest BCUT2D eigenvalue weighted by molar-refractivity contribution is 9.10. The van der Waals surface area contributed by atoms with Crippen molar-refractivity contribution in [1.82, 2.24) is 0 Å². The first-order valence-electron chi connectivity index (χ1n) is 6.44. The van der Waals surface area contributed by atoms with Crippen molar-refractivity contribution in [2.75, 3.05) is 19.5 Å². The number of benzene rings is 2. The lowest BCUT2D eigenvalue weighted by Crippen LogP contribution is -2.01. The Hall–Kier alpha value is -1.52. The van der Waals surface area contributed by atoms with Crippen LogP contribution in [0.4, 0.5) is 5.69 Å². The number of hydrogen-bond acceptors (Lipinski definition) is 3. The van der Waals surface area contributed by atoms with Crippen molar-refractivity contribution in [2.24, 2.45) is 0 Å². The summed E-state index contributed by atoms with van der Waals surface area (Å²) in [6.45, 7) is 1.18. The van der Waals surface area contributed by atoms with E-state index in [-0.39, 0.29) is 0 Å². The maximum Gasteiger partial charge on any atom is 0.119 e. The molecule has 0 amide bonds. The fourth-order valence-corrected chi connectivity index (χ4v) is 2.35. The summed E-state index contributed by atoms with van der Waals surface area (Å²) in [5, 5.41) is 0. The van der Waals surface area contributed by atoms with E-state index in [1.165, 1.54) is 5.56 Å². The van der Waals surface area contributed by atoms with Gasteiger partial charge in [-0.05, 0) is 36.2 Å².